The van der Waals surface area contributed by atoms with Gasteiger partial charge in [0.05, 0.1) is 0 Å². The Hall–Kier alpha value is -1.39. The fourth-order valence-electron chi connectivity index (χ4n) is 1.31. The predicted molar refractivity (Wildman–Crippen MR) is 57.5 cm³/mol. The van der Waals surface area contributed by atoms with Crippen molar-refractivity contribution in [2.75, 3.05) is 0 Å². The van der Waals surface area contributed by atoms with Gasteiger partial charge in [-0.25, -0.2) is 4.39 Å². The van der Waals surface area contributed by atoms with Crippen LogP contribution in [0.5, 0.6) is 0 Å². The van der Waals surface area contributed by atoms with Crippen LogP contribution in [0.15, 0.2) is 28.8 Å². The Morgan fingerprint density at radius 1 is 1.44 bits per heavy atom. The van der Waals surface area contributed by atoms with Crippen molar-refractivity contribution in [3.63, 3.8) is 0 Å². The molecule has 5 heteroatoms. The zero-order chi connectivity index (χ0) is 11.7. The molecule has 1 heterocycles. The van der Waals surface area contributed by atoms with E-state index in [-0.39, 0.29) is 11.3 Å². The van der Waals surface area contributed by atoms with Crippen LogP contribution in [0.4, 0.5) is 4.39 Å². The SMILES string of the molecule is CC(O)c1cc(-c2cc(Cl)ccc2F)no1. The minimum Gasteiger partial charge on any atom is -0.385 e. The summed E-state index contributed by atoms with van der Waals surface area (Å²) >= 11 is 5.76. The summed E-state index contributed by atoms with van der Waals surface area (Å²) in [5, 5.41) is 13.3. The van der Waals surface area contributed by atoms with E-state index in [1.165, 1.54) is 24.3 Å². The van der Waals surface area contributed by atoms with Crippen LogP contribution in [0, 0.1) is 5.82 Å². The molecule has 1 unspecified atom stereocenters. The molecule has 1 atom stereocenters. The van der Waals surface area contributed by atoms with Crippen LogP contribution >= 0.6 is 11.6 Å². The Morgan fingerprint density at radius 2 is 2.19 bits per heavy atom. The molecule has 2 aromatic rings. The fraction of sp³-hybridized carbons (Fsp3) is 0.182. The molecule has 0 fully saturated rings. The van der Waals surface area contributed by atoms with E-state index in [0.717, 1.165) is 0 Å². The quantitative estimate of drug-likeness (QED) is 0.878. The van der Waals surface area contributed by atoms with Crippen LogP contribution in [0.1, 0.15) is 18.8 Å². The van der Waals surface area contributed by atoms with Gasteiger partial charge in [-0.3, -0.25) is 0 Å². The van der Waals surface area contributed by atoms with Crippen LogP contribution in [0.2, 0.25) is 5.02 Å². The molecule has 0 aliphatic heterocycles. The monoisotopic (exact) mass is 241 g/mol. The number of benzene rings is 1. The molecular formula is C11H9ClFNO2. The minimum atomic E-state index is -0.775. The molecular weight excluding hydrogens is 233 g/mol. The smallest absolute Gasteiger partial charge is 0.165 e. The summed E-state index contributed by atoms with van der Waals surface area (Å²) in [6.45, 7) is 1.54. The molecule has 0 spiro atoms. The number of nitrogens with zero attached hydrogens (tertiary/aromatic N) is 1. The largest absolute Gasteiger partial charge is 0.385 e. The lowest BCUT2D eigenvalue weighted by atomic mass is 10.1. The second-order valence-electron chi connectivity index (χ2n) is 3.41. The molecule has 1 aromatic carbocycles. The molecule has 2 rings (SSSR count). The number of aromatic nitrogens is 1. The molecule has 0 saturated carbocycles. The number of aliphatic hydroxyl groups excluding tert-OH is 1. The summed E-state index contributed by atoms with van der Waals surface area (Å²) in [7, 11) is 0. The molecule has 3 nitrogen and oxygen atoms in total. The molecule has 0 bridgehead atoms. The number of hydrogen-bond donors (Lipinski definition) is 1. The first kappa shape index (κ1) is 11.1. The lowest BCUT2D eigenvalue weighted by molar-refractivity contribution is 0.158. The van der Waals surface area contributed by atoms with Crippen LogP contribution in [-0.4, -0.2) is 10.3 Å². The molecule has 84 valence electrons. The van der Waals surface area contributed by atoms with Crippen molar-refractivity contribution < 1.29 is 14.0 Å². The third-order valence-corrected chi connectivity index (χ3v) is 2.38. The van der Waals surface area contributed by atoms with Crippen LogP contribution < -0.4 is 0 Å². The maximum atomic E-state index is 13.5. The maximum Gasteiger partial charge on any atom is 0.165 e. The average Bonchev–Trinajstić information content (AvgIpc) is 2.70. The zero-order valence-electron chi connectivity index (χ0n) is 8.45. The normalized spacial score (nSPS) is 12.8. The van der Waals surface area contributed by atoms with Crippen molar-refractivity contribution in [1.82, 2.24) is 5.16 Å². The van der Waals surface area contributed by atoms with E-state index in [1.807, 2.05) is 0 Å². The van der Waals surface area contributed by atoms with Gasteiger partial charge >= 0.3 is 0 Å². The summed E-state index contributed by atoms with van der Waals surface area (Å²) in [6.07, 6.45) is -0.775. The Bertz CT molecular complexity index is 510. The van der Waals surface area contributed by atoms with E-state index in [9.17, 15) is 9.50 Å². The molecule has 16 heavy (non-hydrogen) atoms. The highest BCUT2D eigenvalue weighted by atomic mass is 35.5. The molecule has 0 saturated heterocycles. The third kappa shape index (κ3) is 2.08. The van der Waals surface area contributed by atoms with E-state index < -0.39 is 11.9 Å². The highest BCUT2D eigenvalue weighted by molar-refractivity contribution is 6.30. The molecule has 0 aliphatic carbocycles. The maximum absolute atomic E-state index is 13.5. The average molecular weight is 242 g/mol. The highest BCUT2D eigenvalue weighted by Gasteiger charge is 2.13. The Balaban J connectivity index is 2.46. The van der Waals surface area contributed by atoms with Gasteiger partial charge in [-0.1, -0.05) is 16.8 Å². The minimum absolute atomic E-state index is 0.253. The van der Waals surface area contributed by atoms with Gasteiger partial charge in [0.1, 0.15) is 17.6 Å². The van der Waals surface area contributed by atoms with Crippen LogP contribution in [0.3, 0.4) is 0 Å². The van der Waals surface area contributed by atoms with Gasteiger partial charge in [0.15, 0.2) is 5.76 Å². The van der Waals surface area contributed by atoms with Crippen LogP contribution in [0.25, 0.3) is 11.3 Å². The van der Waals surface area contributed by atoms with Crippen LogP contribution in [-0.2, 0) is 0 Å². The second kappa shape index (κ2) is 4.23. The zero-order valence-corrected chi connectivity index (χ0v) is 9.20. The first-order valence-electron chi connectivity index (χ1n) is 4.68. The van der Waals surface area contributed by atoms with Gasteiger partial charge in [0, 0.05) is 16.7 Å². The molecule has 0 radical (unpaired) electrons. The van der Waals surface area contributed by atoms with Crippen molar-refractivity contribution in [3.8, 4) is 11.3 Å². The van der Waals surface area contributed by atoms with E-state index >= 15 is 0 Å². The van der Waals surface area contributed by atoms with Crippen molar-refractivity contribution >= 4 is 11.6 Å². The fourth-order valence-corrected chi connectivity index (χ4v) is 1.48. The number of halogens is 2. The van der Waals surface area contributed by atoms with Gasteiger partial charge in [-0.05, 0) is 25.1 Å². The first-order valence-corrected chi connectivity index (χ1v) is 5.06. The van der Waals surface area contributed by atoms with E-state index in [4.69, 9.17) is 16.1 Å². The van der Waals surface area contributed by atoms with Gasteiger partial charge in [-0.2, -0.15) is 0 Å². The second-order valence-corrected chi connectivity index (χ2v) is 3.85. The lowest BCUT2D eigenvalue weighted by Gasteiger charge is -1.98. The molecule has 1 N–H and O–H groups in total. The Kier molecular flexibility index (Phi) is 2.94. The number of hydrogen-bond acceptors (Lipinski definition) is 3. The topological polar surface area (TPSA) is 46.3 Å². The van der Waals surface area contributed by atoms with Gasteiger partial charge in [0.25, 0.3) is 0 Å². The number of aliphatic hydroxyl groups is 1. The lowest BCUT2D eigenvalue weighted by Crippen LogP contribution is -1.86. The van der Waals surface area contributed by atoms with Crippen molar-refractivity contribution in [2.24, 2.45) is 0 Å². The summed E-state index contributed by atoms with van der Waals surface area (Å²) in [5.41, 5.74) is 0.569. The van der Waals surface area contributed by atoms with Crippen molar-refractivity contribution in [3.05, 3.63) is 40.9 Å². The summed E-state index contributed by atoms with van der Waals surface area (Å²) in [6, 6.07) is 5.66. The molecule has 0 amide bonds. The third-order valence-electron chi connectivity index (χ3n) is 2.14. The summed E-state index contributed by atoms with van der Waals surface area (Å²) < 4.78 is 18.3. The van der Waals surface area contributed by atoms with E-state index in [1.54, 1.807) is 6.92 Å². The first-order chi connectivity index (χ1) is 7.58. The van der Waals surface area contributed by atoms with E-state index in [2.05, 4.69) is 5.16 Å². The van der Waals surface area contributed by atoms with Gasteiger partial charge in [0.2, 0.25) is 0 Å². The Labute approximate surface area is 96.4 Å². The van der Waals surface area contributed by atoms with Gasteiger partial charge in [-0.15, -0.1) is 0 Å². The predicted octanol–water partition coefficient (Wildman–Crippen LogP) is 3.19. The van der Waals surface area contributed by atoms with Gasteiger partial charge < -0.3 is 9.63 Å². The summed E-state index contributed by atoms with van der Waals surface area (Å²) in [5.74, 6) is -0.149. The number of rotatable bonds is 2. The standard InChI is InChI=1S/C11H9ClFNO2/c1-6(15)11-5-10(14-16-11)8-4-7(12)2-3-9(8)13/h2-6,15H,1H3. The highest BCUT2D eigenvalue weighted by Crippen LogP contribution is 2.27. The molecule has 0 aliphatic rings. The summed E-state index contributed by atoms with van der Waals surface area (Å²) in [4.78, 5) is 0. The van der Waals surface area contributed by atoms with Crippen molar-refractivity contribution in [2.45, 2.75) is 13.0 Å². The van der Waals surface area contributed by atoms with E-state index in [0.29, 0.717) is 10.7 Å². The van der Waals surface area contributed by atoms with Crippen molar-refractivity contribution in [1.29, 1.82) is 0 Å². The molecule has 1 aromatic heterocycles. The Morgan fingerprint density at radius 3 is 2.81 bits per heavy atom.